The van der Waals surface area contributed by atoms with E-state index >= 15 is 0 Å². The first-order valence-corrected chi connectivity index (χ1v) is 26.3. The number of aromatic nitrogens is 2. The quantitative estimate of drug-likeness (QED) is 0.0788. The molecular weight excluding hydrogens is 917 g/mol. The number of benzene rings is 6. The van der Waals surface area contributed by atoms with Crippen molar-refractivity contribution in [1.29, 1.82) is 0 Å². The van der Waals surface area contributed by atoms with E-state index in [1.165, 1.54) is 30.4 Å². The average Bonchev–Trinajstić information content (AvgIpc) is 3.87. The Morgan fingerprint density at radius 2 is 0.897 bits per heavy atom. The highest BCUT2D eigenvalue weighted by atomic mass is 32.2. The highest BCUT2D eigenvalue weighted by Crippen LogP contribution is 2.46. The van der Waals surface area contributed by atoms with Crippen molar-refractivity contribution in [3.63, 3.8) is 0 Å². The first-order valence-electron chi connectivity index (χ1n) is 22.7. The Morgan fingerprint density at radius 3 is 1.32 bits per heavy atom. The van der Waals surface area contributed by atoms with E-state index in [0.717, 1.165) is 55.1 Å². The van der Waals surface area contributed by atoms with Gasteiger partial charge in [0.25, 0.3) is 10.0 Å². The summed E-state index contributed by atoms with van der Waals surface area (Å²) >= 11 is 6.99. The number of para-hydroxylation sites is 6. The van der Waals surface area contributed by atoms with E-state index in [1.54, 1.807) is 46.2 Å². The maximum atomic E-state index is 13.1. The zero-order valence-electron chi connectivity index (χ0n) is 37.8. The molecule has 338 valence electrons. The molecule has 0 saturated heterocycles. The van der Waals surface area contributed by atoms with Gasteiger partial charge >= 0.3 is 0 Å². The number of rotatable bonds is 15. The number of nitrogens with zero attached hydrogens (tertiary/aromatic N) is 4. The molecule has 10 rings (SSSR count). The maximum Gasteiger partial charge on any atom is 0.263 e. The van der Waals surface area contributed by atoms with E-state index < -0.39 is 0 Å². The molecule has 68 heavy (non-hydrogen) atoms. The molecule has 2 amide bonds. The lowest BCUT2D eigenvalue weighted by atomic mass is 9.99. The van der Waals surface area contributed by atoms with Crippen LogP contribution < -0.4 is 29.6 Å². The van der Waals surface area contributed by atoms with Crippen molar-refractivity contribution in [3.05, 3.63) is 201 Å². The molecule has 6 aromatic carbocycles. The van der Waals surface area contributed by atoms with Crippen LogP contribution in [0.3, 0.4) is 0 Å². The van der Waals surface area contributed by atoms with E-state index in [-0.39, 0.29) is 24.7 Å². The SMILES string of the molecule is C[n+]1c(/C=C2\C=C(SCCNC(=O)CCC(=O)NCCSC3=C/C(=C\c4sc5ccccc5[n+]4C)c4ccccc4N3c3ccccc3)N(c3ccccc3)c3ccccc32)sc2ccccc21. The first kappa shape index (κ1) is 45.1. The third-order valence-electron chi connectivity index (χ3n) is 12.0. The number of anilines is 4. The second-order valence-corrected chi connectivity index (χ2v) is 20.7. The molecule has 2 aliphatic rings. The topological polar surface area (TPSA) is 72.4 Å². The second-order valence-electron chi connectivity index (χ2n) is 16.4. The predicted molar refractivity (Wildman–Crippen MR) is 288 cm³/mol. The number of carbonyl (C=O) groups is 2. The lowest BCUT2D eigenvalue weighted by molar-refractivity contribution is -0.642. The molecule has 12 heteroatoms. The molecule has 8 aromatic rings. The molecule has 2 aliphatic heterocycles. The first-order chi connectivity index (χ1) is 33.4. The van der Waals surface area contributed by atoms with Gasteiger partial charge < -0.3 is 20.4 Å². The van der Waals surface area contributed by atoms with Crippen LogP contribution in [0.15, 0.2) is 180 Å². The summed E-state index contributed by atoms with van der Waals surface area (Å²) in [6.45, 7) is 0.947. The molecule has 2 aromatic heterocycles. The van der Waals surface area contributed by atoms with Crippen LogP contribution >= 0.6 is 46.2 Å². The summed E-state index contributed by atoms with van der Waals surface area (Å²) in [5.74, 6) is 1.06. The average molecular weight is 967 g/mol. The number of carbonyl (C=O) groups excluding carboxylic acids is 2. The van der Waals surface area contributed by atoms with Gasteiger partial charge in [0.2, 0.25) is 22.8 Å². The van der Waals surface area contributed by atoms with Crippen LogP contribution in [0.4, 0.5) is 22.7 Å². The van der Waals surface area contributed by atoms with Gasteiger partial charge in [-0.2, -0.15) is 9.13 Å². The summed E-state index contributed by atoms with van der Waals surface area (Å²) in [5.41, 5.74) is 11.4. The Balaban J connectivity index is 0.761. The van der Waals surface area contributed by atoms with E-state index in [0.29, 0.717) is 24.6 Å². The molecular formula is C56H50N6O2S4+2. The fourth-order valence-electron chi connectivity index (χ4n) is 8.61. The van der Waals surface area contributed by atoms with Crippen molar-refractivity contribution < 1.29 is 18.7 Å². The van der Waals surface area contributed by atoms with Gasteiger partial charge in [-0.1, -0.05) is 120 Å². The normalized spacial score (nSPS) is 14.5. The highest BCUT2D eigenvalue weighted by molar-refractivity contribution is 8.03. The van der Waals surface area contributed by atoms with Gasteiger partial charge in [0.15, 0.2) is 0 Å². The number of hydrogen-bond acceptors (Lipinski definition) is 8. The maximum absolute atomic E-state index is 13.1. The van der Waals surface area contributed by atoms with Crippen molar-refractivity contribution in [3.8, 4) is 0 Å². The summed E-state index contributed by atoms with van der Waals surface area (Å²) < 4.78 is 7.01. The number of hydrogen-bond donors (Lipinski definition) is 2. The Morgan fingerprint density at radius 1 is 0.515 bits per heavy atom. The number of nitrogens with one attached hydrogen (secondary N) is 2. The number of aryl methyl sites for hydroxylation is 2. The van der Waals surface area contributed by atoms with Crippen LogP contribution in [0.5, 0.6) is 0 Å². The number of thiazole rings is 2. The van der Waals surface area contributed by atoms with Gasteiger partial charge in [0.05, 0.1) is 21.4 Å². The highest BCUT2D eigenvalue weighted by Gasteiger charge is 2.28. The lowest BCUT2D eigenvalue weighted by Crippen LogP contribution is -2.30. The minimum absolute atomic E-state index is 0.127. The van der Waals surface area contributed by atoms with Crippen molar-refractivity contribution in [1.82, 2.24) is 10.6 Å². The molecule has 0 spiro atoms. The van der Waals surface area contributed by atoms with Crippen LogP contribution in [-0.2, 0) is 23.7 Å². The Hall–Kier alpha value is -6.70. The zero-order chi connectivity index (χ0) is 46.4. The summed E-state index contributed by atoms with van der Waals surface area (Å²) in [6.07, 6.45) is 9.35. The van der Waals surface area contributed by atoms with Crippen LogP contribution in [0.25, 0.3) is 43.7 Å². The molecule has 2 N–H and O–H groups in total. The summed E-state index contributed by atoms with van der Waals surface area (Å²) in [6, 6.07) is 54.9. The van der Waals surface area contributed by atoms with Crippen LogP contribution in [0.1, 0.15) is 34.0 Å². The lowest BCUT2D eigenvalue weighted by Gasteiger charge is -2.33. The smallest absolute Gasteiger partial charge is 0.263 e. The molecule has 0 unspecified atom stereocenters. The monoisotopic (exact) mass is 966 g/mol. The van der Waals surface area contributed by atoms with Crippen LogP contribution in [-0.4, -0.2) is 36.4 Å². The molecule has 0 aliphatic carbocycles. The van der Waals surface area contributed by atoms with Crippen molar-refractivity contribution in [2.75, 3.05) is 34.4 Å². The van der Waals surface area contributed by atoms with Gasteiger partial charge in [0, 0.05) is 84.2 Å². The standard InChI is InChI=1S/C56H48N6O2S4/c1-59-47-25-13-15-27-49(47)67-53(59)35-39-37-55(61(41-17-5-3-6-18-41)45-23-11-9-21-43(39)45)65-33-31-57-51(63)29-30-52(64)58-32-34-66-56-38-40(36-54-60(2)48-26-14-16-28-50(48)68-54)44-22-10-12-24-46(44)62(56)42-19-7-4-8-20-42/h3-28,35-38H,29-34H2,1-2H3/p+2. The predicted octanol–water partition coefficient (Wildman–Crippen LogP) is 12.0. The molecule has 0 saturated carbocycles. The second kappa shape index (κ2) is 20.7. The van der Waals surface area contributed by atoms with E-state index in [9.17, 15) is 9.59 Å². The van der Waals surface area contributed by atoms with Crippen molar-refractivity contribution in [2.24, 2.45) is 14.1 Å². The summed E-state index contributed by atoms with van der Waals surface area (Å²) in [7, 11) is 4.25. The van der Waals surface area contributed by atoms with Gasteiger partial charge in [-0.15, -0.1) is 23.5 Å². The molecule has 0 bridgehead atoms. The Bertz CT molecular complexity index is 3060. The number of fused-ring (bicyclic) bond motifs is 4. The summed E-state index contributed by atoms with van der Waals surface area (Å²) in [4.78, 5) is 30.8. The number of thioether (sulfide) groups is 2. The van der Waals surface area contributed by atoms with Gasteiger partial charge in [0.1, 0.15) is 23.5 Å². The van der Waals surface area contributed by atoms with Crippen LogP contribution in [0.2, 0.25) is 0 Å². The third kappa shape index (κ3) is 9.68. The van der Waals surface area contributed by atoms with Crippen molar-refractivity contribution in [2.45, 2.75) is 12.8 Å². The zero-order valence-corrected chi connectivity index (χ0v) is 41.1. The minimum Gasteiger partial charge on any atom is -0.355 e. The fourth-order valence-corrected chi connectivity index (χ4v) is 12.7. The van der Waals surface area contributed by atoms with Crippen LogP contribution in [0, 0.1) is 0 Å². The Kier molecular flexibility index (Phi) is 13.7. The Labute approximate surface area is 413 Å². The molecule has 4 heterocycles. The number of allylic oxidation sites excluding steroid dienone is 4. The number of amides is 2. The van der Waals surface area contributed by atoms with Gasteiger partial charge in [-0.3, -0.25) is 9.59 Å². The van der Waals surface area contributed by atoms with E-state index in [4.69, 9.17) is 0 Å². The minimum atomic E-state index is -0.133. The largest absolute Gasteiger partial charge is 0.355 e. The third-order valence-corrected chi connectivity index (χ3v) is 16.3. The van der Waals surface area contributed by atoms with Crippen molar-refractivity contribution >= 4 is 124 Å². The molecule has 8 nitrogen and oxygen atoms in total. The van der Waals surface area contributed by atoms with E-state index in [2.05, 4.69) is 214 Å². The summed E-state index contributed by atoms with van der Waals surface area (Å²) in [5, 5.41) is 10.6. The molecule has 0 fully saturated rings. The molecule has 0 radical (unpaired) electrons. The fraction of sp³-hybridized carbons (Fsp3) is 0.143. The van der Waals surface area contributed by atoms with E-state index in [1.807, 2.05) is 12.1 Å². The van der Waals surface area contributed by atoms with Gasteiger partial charge in [-0.25, -0.2) is 0 Å². The van der Waals surface area contributed by atoms with Gasteiger partial charge in [-0.05, 0) is 71.8 Å². The molecule has 0 atom stereocenters.